The van der Waals surface area contributed by atoms with Gasteiger partial charge in [-0.3, -0.25) is 5.41 Å². The molecule has 20 heteroatoms. The van der Waals surface area contributed by atoms with Crippen LogP contribution >= 0.6 is 11.8 Å². The van der Waals surface area contributed by atoms with Crippen LogP contribution in [0.3, 0.4) is 0 Å². The van der Waals surface area contributed by atoms with Gasteiger partial charge in [0.1, 0.15) is 0 Å². The molecule has 0 amide bonds. The monoisotopic (exact) mass is 522 g/mol. The lowest BCUT2D eigenvalue weighted by molar-refractivity contribution is -0.461. The van der Waals surface area contributed by atoms with Crippen LogP contribution in [0.2, 0.25) is 0 Å². The van der Waals surface area contributed by atoms with Gasteiger partial charge >= 0.3 is 47.6 Å². The van der Waals surface area contributed by atoms with Crippen molar-refractivity contribution in [3.8, 4) is 0 Å². The zero-order valence-electron chi connectivity index (χ0n) is 13.8. The van der Waals surface area contributed by atoms with Crippen molar-refractivity contribution in [2.75, 3.05) is 5.75 Å². The summed E-state index contributed by atoms with van der Waals surface area (Å²) in [5.41, 5.74) is 4.57. The van der Waals surface area contributed by atoms with E-state index in [1.54, 1.807) is 0 Å². The normalized spacial score (nSPS) is 15.9. The van der Waals surface area contributed by atoms with Crippen LogP contribution < -0.4 is 5.73 Å². The van der Waals surface area contributed by atoms with E-state index in [-0.39, 0.29) is 11.8 Å². The van der Waals surface area contributed by atoms with Gasteiger partial charge in [0, 0.05) is 12.2 Å². The third-order valence-corrected chi connectivity index (χ3v) is 4.18. The van der Waals surface area contributed by atoms with Gasteiger partial charge in [-0.05, 0) is 0 Å². The molecule has 0 atom stereocenters. The minimum Gasteiger partial charge on any atom is -0.379 e. The quantitative estimate of drug-likeness (QED) is 0.222. The molecule has 0 fully saturated rings. The third kappa shape index (κ3) is 4.31. The molecular formula is C11H7F17N2S. The lowest BCUT2D eigenvalue weighted by Gasteiger charge is -2.42. The van der Waals surface area contributed by atoms with Crippen LogP contribution in [-0.2, 0) is 0 Å². The fourth-order valence-electron chi connectivity index (χ4n) is 1.64. The average Bonchev–Trinajstić information content (AvgIpc) is 2.51. The van der Waals surface area contributed by atoms with E-state index in [4.69, 9.17) is 5.41 Å². The van der Waals surface area contributed by atoms with E-state index in [9.17, 15) is 74.6 Å². The molecule has 0 aliphatic heterocycles. The Labute approximate surface area is 163 Å². The van der Waals surface area contributed by atoms with Gasteiger partial charge in [0.2, 0.25) is 0 Å². The number of nitrogens with two attached hydrogens (primary N) is 1. The van der Waals surface area contributed by atoms with Crippen molar-refractivity contribution in [3.63, 3.8) is 0 Å². The number of hydrogen-bond donors (Lipinski definition) is 2. The minimum absolute atomic E-state index is 0.269. The number of hydrogen-bond acceptors (Lipinski definition) is 2. The second kappa shape index (κ2) is 7.89. The molecule has 0 saturated carbocycles. The number of thioether (sulfide) groups is 1. The Bertz CT molecular complexity index is 667. The van der Waals surface area contributed by atoms with Crippen molar-refractivity contribution in [1.82, 2.24) is 0 Å². The maximum Gasteiger partial charge on any atom is 0.460 e. The summed E-state index contributed by atoms with van der Waals surface area (Å²) in [5.74, 6) is -57.8. The van der Waals surface area contributed by atoms with E-state index in [0.29, 0.717) is 0 Å². The summed E-state index contributed by atoms with van der Waals surface area (Å²) in [6.07, 6.45) is -10.4. The minimum atomic E-state index is -8.63. The van der Waals surface area contributed by atoms with Crippen molar-refractivity contribution in [2.24, 2.45) is 5.73 Å². The Morgan fingerprint density at radius 1 is 0.548 bits per heavy atom. The smallest absolute Gasteiger partial charge is 0.379 e. The molecule has 0 unspecified atom stereocenters. The molecule has 0 aliphatic carbocycles. The van der Waals surface area contributed by atoms with Crippen LogP contribution in [0.25, 0.3) is 0 Å². The first-order valence-electron chi connectivity index (χ1n) is 6.85. The molecular weight excluding hydrogens is 515 g/mol. The highest BCUT2D eigenvalue weighted by Crippen LogP contribution is 2.64. The van der Waals surface area contributed by atoms with Crippen molar-refractivity contribution >= 4 is 16.9 Å². The van der Waals surface area contributed by atoms with Gasteiger partial charge in [-0.25, -0.2) is 0 Å². The highest BCUT2D eigenvalue weighted by molar-refractivity contribution is 8.13. The predicted molar refractivity (Wildman–Crippen MR) is 69.7 cm³/mol. The van der Waals surface area contributed by atoms with Crippen LogP contribution in [0, 0.1) is 5.41 Å². The molecule has 3 N–H and O–H groups in total. The van der Waals surface area contributed by atoms with Crippen LogP contribution in [-0.4, -0.2) is 58.6 Å². The molecule has 186 valence electrons. The summed E-state index contributed by atoms with van der Waals surface area (Å²) in [7, 11) is 0. The lowest BCUT2D eigenvalue weighted by atomic mass is 9.88. The van der Waals surface area contributed by atoms with E-state index in [1.165, 1.54) is 0 Å². The van der Waals surface area contributed by atoms with Crippen LogP contribution in [0.1, 0.15) is 6.42 Å². The standard InChI is InChI=1S/C11H7F17N2S/c12-4(13,1-2-31-3(29)30)5(14,15)6(16,17)7(18,19)8(20,21)9(22,23)10(24,25)11(26,27)28/h1-2H2,(H3,29,30). The summed E-state index contributed by atoms with van der Waals surface area (Å²) < 4.78 is 220. The SMILES string of the molecule is N=C(N)SCCC(F)(F)C(F)(F)C(F)(F)C(F)(F)C(F)(F)C(F)(F)C(F)(F)C(F)(F)F. The number of alkyl halides is 17. The molecule has 2 nitrogen and oxygen atoms in total. The van der Waals surface area contributed by atoms with Gasteiger partial charge in [0.05, 0.1) is 0 Å². The Morgan fingerprint density at radius 2 is 0.839 bits per heavy atom. The van der Waals surface area contributed by atoms with Crippen molar-refractivity contribution in [1.29, 1.82) is 5.41 Å². The van der Waals surface area contributed by atoms with E-state index in [2.05, 4.69) is 5.73 Å². The molecule has 0 aromatic carbocycles. The molecule has 0 radical (unpaired) electrons. The number of halogens is 17. The molecule has 31 heavy (non-hydrogen) atoms. The fraction of sp³-hybridized carbons (Fsp3) is 0.909. The van der Waals surface area contributed by atoms with Gasteiger partial charge in [-0.15, -0.1) is 0 Å². The summed E-state index contributed by atoms with van der Waals surface area (Å²) >= 11 is -0.269. The predicted octanol–water partition coefficient (Wildman–Crippen LogP) is 6.01. The molecule has 0 aromatic heterocycles. The van der Waals surface area contributed by atoms with Crippen LogP contribution in [0.4, 0.5) is 74.6 Å². The first-order valence-corrected chi connectivity index (χ1v) is 7.83. The second-order valence-corrected chi connectivity index (χ2v) is 6.75. The fourth-order valence-corrected chi connectivity index (χ4v) is 2.22. The Balaban J connectivity index is 6.46. The molecule has 0 aromatic rings. The van der Waals surface area contributed by atoms with Crippen LogP contribution in [0.15, 0.2) is 0 Å². The van der Waals surface area contributed by atoms with Gasteiger partial charge in [-0.2, -0.15) is 74.6 Å². The molecule has 0 heterocycles. The maximum atomic E-state index is 13.4. The van der Waals surface area contributed by atoms with E-state index < -0.39 is 65.0 Å². The van der Waals surface area contributed by atoms with Gasteiger partial charge in [0.25, 0.3) is 0 Å². The van der Waals surface area contributed by atoms with Crippen molar-refractivity contribution < 1.29 is 74.6 Å². The summed E-state index contributed by atoms with van der Waals surface area (Å²) in [4.78, 5) is 0. The van der Waals surface area contributed by atoms with Crippen molar-refractivity contribution in [2.45, 2.75) is 54.1 Å². The van der Waals surface area contributed by atoms with E-state index in [1.807, 2.05) is 0 Å². The highest BCUT2D eigenvalue weighted by Gasteiger charge is 2.95. The Morgan fingerprint density at radius 3 is 1.13 bits per heavy atom. The zero-order valence-corrected chi connectivity index (χ0v) is 14.6. The first-order chi connectivity index (χ1) is 13.2. The average molecular weight is 522 g/mol. The van der Waals surface area contributed by atoms with Gasteiger partial charge in [-0.1, -0.05) is 11.8 Å². The summed E-state index contributed by atoms with van der Waals surface area (Å²) in [5, 5.41) is 5.43. The summed E-state index contributed by atoms with van der Waals surface area (Å²) in [6.45, 7) is 0. The number of amidine groups is 1. The Hall–Kier alpha value is -1.37. The topological polar surface area (TPSA) is 49.9 Å². The summed E-state index contributed by atoms with van der Waals surface area (Å²) in [6, 6.07) is 0. The van der Waals surface area contributed by atoms with Crippen molar-refractivity contribution in [3.05, 3.63) is 0 Å². The largest absolute Gasteiger partial charge is 0.460 e. The van der Waals surface area contributed by atoms with Gasteiger partial charge in [0.15, 0.2) is 5.17 Å². The number of nitrogens with one attached hydrogen (secondary N) is 1. The van der Waals surface area contributed by atoms with E-state index in [0.717, 1.165) is 0 Å². The molecule has 0 saturated heterocycles. The molecule has 0 bridgehead atoms. The van der Waals surface area contributed by atoms with Crippen LogP contribution in [0.5, 0.6) is 0 Å². The lowest BCUT2D eigenvalue weighted by Crippen LogP contribution is -2.74. The second-order valence-electron chi connectivity index (χ2n) is 5.61. The third-order valence-electron chi connectivity index (χ3n) is 3.46. The molecule has 0 aliphatic rings. The first kappa shape index (κ1) is 29.6. The maximum absolute atomic E-state index is 13.4. The van der Waals surface area contributed by atoms with E-state index >= 15 is 0 Å². The molecule has 0 rings (SSSR count). The number of rotatable bonds is 9. The zero-order chi connectivity index (χ0) is 25.7. The highest BCUT2D eigenvalue weighted by atomic mass is 32.2. The Kier molecular flexibility index (Phi) is 7.54. The molecule has 0 spiro atoms. The van der Waals surface area contributed by atoms with Gasteiger partial charge < -0.3 is 5.73 Å².